The number of aryl methyl sites for hydroxylation is 3. The molecule has 154 valence electrons. The van der Waals surface area contributed by atoms with Crippen molar-refractivity contribution in [1.82, 2.24) is 14.2 Å². The van der Waals surface area contributed by atoms with Gasteiger partial charge in [0.25, 0.3) is 5.56 Å². The number of rotatable bonds is 5. The van der Waals surface area contributed by atoms with Crippen molar-refractivity contribution in [2.24, 2.45) is 0 Å². The number of aliphatic hydroxyl groups excluding tert-OH is 1. The first kappa shape index (κ1) is 19.9. The Morgan fingerprint density at radius 2 is 1.70 bits per heavy atom. The molecule has 0 radical (unpaired) electrons. The van der Waals surface area contributed by atoms with Gasteiger partial charge < -0.3 is 14.4 Å². The minimum atomic E-state index is -0.770. The van der Waals surface area contributed by atoms with Gasteiger partial charge in [-0.15, -0.1) is 0 Å². The summed E-state index contributed by atoms with van der Waals surface area (Å²) in [6.07, 6.45) is 2.64. The number of ether oxygens (including phenoxy) is 1. The summed E-state index contributed by atoms with van der Waals surface area (Å²) in [5.74, 6) is 0.764. The molecular weight excluding hydrogens is 378 g/mol. The van der Waals surface area contributed by atoms with E-state index in [0.29, 0.717) is 11.2 Å². The third-order valence-corrected chi connectivity index (χ3v) is 5.60. The van der Waals surface area contributed by atoms with Crippen LogP contribution in [0.3, 0.4) is 0 Å². The predicted octanol–water partition coefficient (Wildman–Crippen LogP) is 3.83. The van der Waals surface area contributed by atoms with Crippen LogP contribution < -0.4 is 10.3 Å². The summed E-state index contributed by atoms with van der Waals surface area (Å²) in [4.78, 5) is 13.0. The summed E-state index contributed by atoms with van der Waals surface area (Å²) >= 11 is 0. The van der Waals surface area contributed by atoms with Crippen LogP contribution in [-0.4, -0.2) is 26.4 Å². The molecule has 2 heterocycles. The Bertz CT molecular complexity index is 1270. The molecule has 0 aliphatic rings. The number of benzene rings is 2. The first-order valence-corrected chi connectivity index (χ1v) is 9.86. The van der Waals surface area contributed by atoms with E-state index in [1.54, 1.807) is 30.1 Å². The van der Waals surface area contributed by atoms with Gasteiger partial charge in [0, 0.05) is 18.0 Å². The quantitative estimate of drug-likeness (QED) is 0.550. The lowest BCUT2D eigenvalue weighted by Crippen LogP contribution is -2.24. The molecule has 0 aliphatic heterocycles. The summed E-state index contributed by atoms with van der Waals surface area (Å²) in [7, 11) is 1.62. The highest BCUT2D eigenvalue weighted by molar-refractivity contribution is 5.66. The molecule has 0 saturated carbocycles. The van der Waals surface area contributed by atoms with Gasteiger partial charge in [-0.1, -0.05) is 12.1 Å². The Morgan fingerprint density at radius 3 is 2.40 bits per heavy atom. The van der Waals surface area contributed by atoms with Gasteiger partial charge >= 0.3 is 0 Å². The van der Waals surface area contributed by atoms with Crippen molar-refractivity contribution in [2.45, 2.75) is 33.4 Å². The van der Waals surface area contributed by atoms with Crippen LogP contribution in [0.2, 0.25) is 0 Å². The topological polar surface area (TPSA) is 68.8 Å². The van der Waals surface area contributed by atoms with Crippen molar-refractivity contribution < 1.29 is 9.84 Å². The van der Waals surface area contributed by atoms with Gasteiger partial charge in [0.2, 0.25) is 0 Å². The normalized spacial score (nSPS) is 12.3. The number of hydrogen-bond acceptors (Lipinski definition) is 4. The zero-order chi connectivity index (χ0) is 21.4. The highest BCUT2D eigenvalue weighted by Crippen LogP contribution is 2.24. The van der Waals surface area contributed by atoms with E-state index in [0.717, 1.165) is 28.0 Å². The molecular formula is C24H25N3O3. The van der Waals surface area contributed by atoms with Gasteiger partial charge in [0.1, 0.15) is 11.3 Å². The molecule has 0 amide bonds. The maximum atomic E-state index is 13.0. The zero-order valence-corrected chi connectivity index (χ0v) is 17.6. The van der Waals surface area contributed by atoms with E-state index in [2.05, 4.69) is 18.1 Å². The summed E-state index contributed by atoms with van der Waals surface area (Å²) < 4.78 is 8.30. The molecule has 6 heteroatoms. The summed E-state index contributed by atoms with van der Waals surface area (Å²) in [5.41, 5.74) is 6.06. The van der Waals surface area contributed by atoms with Gasteiger partial charge in [-0.25, -0.2) is 4.52 Å². The number of aromatic nitrogens is 3. The van der Waals surface area contributed by atoms with Crippen LogP contribution in [0, 0.1) is 20.8 Å². The Balaban J connectivity index is 1.66. The molecule has 0 unspecified atom stereocenters. The minimum Gasteiger partial charge on any atom is -0.497 e. The second kappa shape index (κ2) is 7.80. The van der Waals surface area contributed by atoms with Crippen LogP contribution in [0.25, 0.3) is 16.8 Å². The lowest BCUT2D eigenvalue weighted by molar-refractivity contribution is 0.154. The van der Waals surface area contributed by atoms with Crippen molar-refractivity contribution >= 4 is 5.52 Å². The molecule has 4 rings (SSSR count). The highest BCUT2D eigenvalue weighted by Gasteiger charge is 2.15. The standard InChI is InChI=1S/C24H25N3O3/c1-15-11-17(3)20(12-16(15)2)23(28)14-26-9-10-27-22(24(26)29)13-21(25-27)18-5-7-19(30-4)8-6-18/h5-13,23,28H,14H2,1-4H3/t23-/m0/s1. The summed E-state index contributed by atoms with van der Waals surface area (Å²) in [5, 5.41) is 15.3. The number of hydrogen-bond donors (Lipinski definition) is 1. The monoisotopic (exact) mass is 403 g/mol. The van der Waals surface area contributed by atoms with E-state index >= 15 is 0 Å². The first-order valence-electron chi connectivity index (χ1n) is 9.86. The Morgan fingerprint density at radius 1 is 1.00 bits per heavy atom. The SMILES string of the molecule is COc1ccc(-c2cc3c(=O)n(C[C@H](O)c4cc(C)c(C)cc4C)ccn3n2)cc1. The molecule has 0 aliphatic carbocycles. The average molecular weight is 403 g/mol. The van der Waals surface area contributed by atoms with Gasteiger partial charge in [-0.05, 0) is 73.4 Å². The lowest BCUT2D eigenvalue weighted by atomic mass is 9.97. The van der Waals surface area contributed by atoms with Crippen LogP contribution >= 0.6 is 0 Å². The molecule has 0 spiro atoms. The Hall–Kier alpha value is -3.38. The van der Waals surface area contributed by atoms with Crippen molar-refractivity contribution in [2.75, 3.05) is 7.11 Å². The smallest absolute Gasteiger partial charge is 0.276 e. The molecule has 0 fully saturated rings. The van der Waals surface area contributed by atoms with Crippen LogP contribution in [-0.2, 0) is 6.54 Å². The highest BCUT2D eigenvalue weighted by atomic mass is 16.5. The van der Waals surface area contributed by atoms with Gasteiger partial charge in [0.05, 0.1) is 25.5 Å². The molecule has 2 aromatic carbocycles. The third-order valence-electron chi connectivity index (χ3n) is 5.60. The van der Waals surface area contributed by atoms with Crippen LogP contribution in [0.4, 0.5) is 0 Å². The molecule has 0 saturated heterocycles. The van der Waals surface area contributed by atoms with E-state index in [-0.39, 0.29) is 12.1 Å². The molecule has 6 nitrogen and oxygen atoms in total. The zero-order valence-electron chi connectivity index (χ0n) is 17.6. The lowest BCUT2D eigenvalue weighted by Gasteiger charge is -2.17. The van der Waals surface area contributed by atoms with E-state index in [4.69, 9.17) is 4.74 Å². The minimum absolute atomic E-state index is 0.182. The summed E-state index contributed by atoms with van der Waals surface area (Å²) in [6, 6.07) is 13.4. The largest absolute Gasteiger partial charge is 0.497 e. The second-order valence-corrected chi connectivity index (χ2v) is 7.65. The van der Waals surface area contributed by atoms with Crippen molar-refractivity contribution in [3.8, 4) is 17.0 Å². The Kier molecular flexibility index (Phi) is 5.18. The second-order valence-electron chi connectivity index (χ2n) is 7.65. The third kappa shape index (κ3) is 3.62. The summed E-state index contributed by atoms with van der Waals surface area (Å²) in [6.45, 7) is 6.24. The van der Waals surface area contributed by atoms with E-state index in [1.165, 1.54) is 10.1 Å². The van der Waals surface area contributed by atoms with Crippen LogP contribution in [0.15, 0.2) is 59.7 Å². The maximum absolute atomic E-state index is 13.0. The maximum Gasteiger partial charge on any atom is 0.276 e. The molecule has 30 heavy (non-hydrogen) atoms. The van der Waals surface area contributed by atoms with E-state index in [9.17, 15) is 9.90 Å². The number of nitrogens with zero attached hydrogens (tertiary/aromatic N) is 3. The fourth-order valence-corrected chi connectivity index (χ4v) is 3.70. The molecule has 0 bridgehead atoms. The molecule has 2 aromatic heterocycles. The fraction of sp³-hybridized carbons (Fsp3) is 0.250. The van der Waals surface area contributed by atoms with E-state index < -0.39 is 6.10 Å². The van der Waals surface area contributed by atoms with Crippen LogP contribution in [0.5, 0.6) is 5.75 Å². The van der Waals surface area contributed by atoms with Crippen molar-refractivity contribution in [3.05, 3.63) is 87.5 Å². The predicted molar refractivity (Wildman–Crippen MR) is 117 cm³/mol. The number of aliphatic hydroxyl groups is 1. The van der Waals surface area contributed by atoms with Gasteiger partial charge in [0.15, 0.2) is 0 Å². The Labute approximate surface area is 175 Å². The van der Waals surface area contributed by atoms with Crippen LogP contribution in [0.1, 0.15) is 28.4 Å². The average Bonchev–Trinajstić information content (AvgIpc) is 3.18. The van der Waals surface area contributed by atoms with E-state index in [1.807, 2.05) is 44.2 Å². The number of methoxy groups -OCH3 is 1. The molecule has 1 atom stereocenters. The fourth-order valence-electron chi connectivity index (χ4n) is 3.70. The number of fused-ring (bicyclic) bond motifs is 1. The molecule has 4 aromatic rings. The first-order chi connectivity index (χ1) is 14.4. The van der Waals surface area contributed by atoms with Gasteiger partial charge in [-0.3, -0.25) is 4.79 Å². The molecule has 1 N–H and O–H groups in total. The van der Waals surface area contributed by atoms with Gasteiger partial charge in [-0.2, -0.15) is 5.10 Å². The van der Waals surface area contributed by atoms with Crippen molar-refractivity contribution in [3.63, 3.8) is 0 Å². The van der Waals surface area contributed by atoms with Crippen molar-refractivity contribution in [1.29, 1.82) is 0 Å².